The van der Waals surface area contributed by atoms with Gasteiger partial charge < -0.3 is 4.57 Å². The highest BCUT2D eigenvalue weighted by atomic mass is 16.2. The maximum Gasteiger partial charge on any atom is 0.275 e. The number of rotatable bonds is 3. The molecule has 0 aliphatic carbocycles. The van der Waals surface area contributed by atoms with Crippen molar-refractivity contribution in [1.29, 1.82) is 0 Å². The molecule has 5 aromatic rings. The second kappa shape index (κ2) is 7.42. The zero-order valence-electron chi connectivity index (χ0n) is 16.6. The van der Waals surface area contributed by atoms with Gasteiger partial charge in [-0.15, -0.1) is 0 Å². The third-order valence-electron chi connectivity index (χ3n) is 5.15. The van der Waals surface area contributed by atoms with Crippen molar-refractivity contribution in [3.8, 4) is 11.3 Å². The number of hydrogen-bond acceptors (Lipinski definition) is 4. The summed E-state index contributed by atoms with van der Waals surface area (Å²) in [4.78, 5) is 29.7. The molecule has 0 radical (unpaired) electrons. The van der Waals surface area contributed by atoms with Gasteiger partial charge in [0, 0.05) is 35.9 Å². The zero-order chi connectivity index (χ0) is 21.4. The number of carbonyl (C=O) groups is 2. The molecule has 8 nitrogen and oxygen atoms in total. The highest BCUT2D eigenvalue weighted by molar-refractivity contribution is 6.08. The number of aryl methyl sites for hydroxylation is 1. The Bertz CT molecular complexity index is 1430. The van der Waals surface area contributed by atoms with E-state index in [1.807, 2.05) is 72.3 Å². The van der Waals surface area contributed by atoms with Crippen molar-refractivity contribution in [2.24, 2.45) is 7.05 Å². The average Bonchev–Trinajstić information content (AvgIpc) is 3.39. The van der Waals surface area contributed by atoms with E-state index in [4.69, 9.17) is 0 Å². The Kier molecular flexibility index (Phi) is 4.44. The Hall–Kier alpha value is -4.46. The van der Waals surface area contributed by atoms with Crippen LogP contribution in [0.25, 0.3) is 27.8 Å². The maximum atomic E-state index is 12.7. The van der Waals surface area contributed by atoms with E-state index >= 15 is 0 Å². The maximum absolute atomic E-state index is 12.7. The van der Waals surface area contributed by atoms with Crippen LogP contribution in [0.3, 0.4) is 0 Å². The van der Waals surface area contributed by atoms with Crippen LogP contribution in [0.2, 0.25) is 0 Å². The Labute approximate surface area is 177 Å². The van der Waals surface area contributed by atoms with E-state index < -0.39 is 11.8 Å². The number of aromatic nitrogens is 4. The van der Waals surface area contributed by atoms with Crippen molar-refractivity contribution in [2.45, 2.75) is 0 Å². The van der Waals surface area contributed by atoms with Crippen molar-refractivity contribution in [3.05, 3.63) is 90.4 Å². The van der Waals surface area contributed by atoms with Crippen molar-refractivity contribution >= 4 is 28.4 Å². The van der Waals surface area contributed by atoms with E-state index in [0.29, 0.717) is 11.2 Å². The molecule has 0 aliphatic heterocycles. The lowest BCUT2D eigenvalue weighted by molar-refractivity contribution is 0.0848. The van der Waals surface area contributed by atoms with E-state index in [-0.39, 0.29) is 5.56 Å². The number of fused-ring (bicyclic) bond motifs is 2. The molecule has 3 aromatic heterocycles. The first kappa shape index (κ1) is 18.6. The van der Waals surface area contributed by atoms with Gasteiger partial charge in [0.25, 0.3) is 11.8 Å². The molecule has 0 fully saturated rings. The van der Waals surface area contributed by atoms with Gasteiger partial charge in [0.2, 0.25) is 0 Å². The van der Waals surface area contributed by atoms with E-state index in [9.17, 15) is 9.59 Å². The second-order valence-corrected chi connectivity index (χ2v) is 7.07. The van der Waals surface area contributed by atoms with E-state index in [2.05, 4.69) is 20.9 Å². The molecular formula is C23H18N6O2. The van der Waals surface area contributed by atoms with Crippen LogP contribution in [0.5, 0.6) is 0 Å². The lowest BCUT2D eigenvalue weighted by Gasteiger charge is -2.07. The molecule has 2 N–H and O–H groups in total. The lowest BCUT2D eigenvalue weighted by Crippen LogP contribution is -2.41. The van der Waals surface area contributed by atoms with Gasteiger partial charge in [-0.2, -0.15) is 5.10 Å². The minimum Gasteiger partial charge on any atom is -0.350 e. The molecule has 0 saturated heterocycles. The highest BCUT2D eigenvalue weighted by Crippen LogP contribution is 2.21. The smallest absolute Gasteiger partial charge is 0.275 e. The monoisotopic (exact) mass is 410 g/mol. The summed E-state index contributed by atoms with van der Waals surface area (Å²) < 4.78 is 3.48. The van der Waals surface area contributed by atoms with Crippen LogP contribution < -0.4 is 10.9 Å². The summed E-state index contributed by atoms with van der Waals surface area (Å²) in [6.07, 6.45) is 4.80. The van der Waals surface area contributed by atoms with Gasteiger partial charge in [-0.3, -0.25) is 20.4 Å². The number of para-hydroxylation sites is 1. The summed E-state index contributed by atoms with van der Waals surface area (Å²) in [5.74, 6) is -0.902. The Morgan fingerprint density at radius 1 is 0.871 bits per heavy atom. The number of carbonyl (C=O) groups excluding carboxylic acids is 2. The fourth-order valence-electron chi connectivity index (χ4n) is 3.65. The van der Waals surface area contributed by atoms with E-state index in [1.165, 1.54) is 6.20 Å². The number of nitrogens with one attached hydrogen (secondary N) is 2. The van der Waals surface area contributed by atoms with Crippen LogP contribution in [-0.4, -0.2) is 31.0 Å². The van der Waals surface area contributed by atoms with Gasteiger partial charge in [-0.25, -0.2) is 9.50 Å². The van der Waals surface area contributed by atoms with Gasteiger partial charge in [0.1, 0.15) is 5.56 Å². The quantitative estimate of drug-likeness (QED) is 0.447. The number of hydrogen-bond donors (Lipinski definition) is 2. The third kappa shape index (κ3) is 3.20. The van der Waals surface area contributed by atoms with Crippen LogP contribution in [0.4, 0.5) is 0 Å². The molecule has 0 atom stereocenters. The molecule has 0 spiro atoms. The fraction of sp³-hybridized carbons (Fsp3) is 0.0435. The van der Waals surface area contributed by atoms with Gasteiger partial charge >= 0.3 is 0 Å². The van der Waals surface area contributed by atoms with Crippen LogP contribution in [-0.2, 0) is 7.05 Å². The summed E-state index contributed by atoms with van der Waals surface area (Å²) >= 11 is 0. The van der Waals surface area contributed by atoms with E-state index in [1.54, 1.807) is 16.9 Å². The molecule has 2 aromatic carbocycles. The first-order valence-corrected chi connectivity index (χ1v) is 9.66. The molecule has 8 heteroatoms. The summed E-state index contributed by atoms with van der Waals surface area (Å²) in [5, 5.41) is 5.13. The first-order chi connectivity index (χ1) is 15.1. The molecule has 31 heavy (non-hydrogen) atoms. The van der Waals surface area contributed by atoms with Gasteiger partial charge in [0.15, 0.2) is 5.65 Å². The van der Waals surface area contributed by atoms with Crippen LogP contribution in [0.1, 0.15) is 20.7 Å². The fourth-order valence-corrected chi connectivity index (χ4v) is 3.65. The SMILES string of the molecule is Cn1cc(C(=O)NNC(=O)c2cnn3c(-c4ccccc4)ccnc23)c2ccccc21. The molecular weight excluding hydrogens is 392 g/mol. The van der Waals surface area contributed by atoms with E-state index in [0.717, 1.165) is 22.2 Å². The lowest BCUT2D eigenvalue weighted by atomic mass is 10.1. The third-order valence-corrected chi connectivity index (χ3v) is 5.15. The molecule has 2 amide bonds. The minimum atomic E-state index is -0.499. The molecule has 0 bridgehead atoms. The van der Waals surface area contributed by atoms with Crippen molar-refractivity contribution in [3.63, 3.8) is 0 Å². The molecule has 3 heterocycles. The van der Waals surface area contributed by atoms with Gasteiger partial charge in [0.05, 0.1) is 17.5 Å². The number of benzene rings is 2. The summed E-state index contributed by atoms with van der Waals surface area (Å²) in [7, 11) is 1.87. The van der Waals surface area contributed by atoms with Crippen LogP contribution >= 0.6 is 0 Å². The topological polar surface area (TPSA) is 93.3 Å². The summed E-state index contributed by atoms with van der Waals surface area (Å²) in [5.41, 5.74) is 8.78. The number of amides is 2. The predicted molar refractivity (Wildman–Crippen MR) is 116 cm³/mol. The standard InChI is InChI=1S/C23H18N6O2/c1-28-14-18(16-9-5-6-10-20(16)28)23(31)27-26-22(30)17-13-25-29-19(11-12-24-21(17)29)15-7-3-2-4-8-15/h2-14H,1H3,(H,26,30)(H,27,31). The highest BCUT2D eigenvalue weighted by Gasteiger charge is 2.18. The van der Waals surface area contributed by atoms with Crippen LogP contribution in [0, 0.1) is 0 Å². The van der Waals surface area contributed by atoms with Gasteiger partial charge in [-0.05, 0) is 12.1 Å². The average molecular weight is 410 g/mol. The molecule has 0 aliphatic rings. The molecule has 5 rings (SSSR count). The largest absolute Gasteiger partial charge is 0.350 e. The molecule has 0 saturated carbocycles. The summed E-state index contributed by atoms with van der Waals surface area (Å²) in [6, 6.07) is 19.1. The predicted octanol–water partition coefficient (Wildman–Crippen LogP) is 2.96. The normalized spacial score (nSPS) is 11.0. The molecule has 0 unspecified atom stereocenters. The first-order valence-electron chi connectivity index (χ1n) is 9.66. The Balaban J connectivity index is 1.39. The van der Waals surface area contributed by atoms with Crippen LogP contribution in [0.15, 0.2) is 79.3 Å². The van der Waals surface area contributed by atoms with Gasteiger partial charge in [-0.1, -0.05) is 48.5 Å². The van der Waals surface area contributed by atoms with Crippen molar-refractivity contribution < 1.29 is 9.59 Å². The number of nitrogens with zero attached hydrogens (tertiary/aromatic N) is 4. The molecule has 152 valence electrons. The van der Waals surface area contributed by atoms with Crippen molar-refractivity contribution in [1.82, 2.24) is 30.0 Å². The summed E-state index contributed by atoms with van der Waals surface area (Å²) in [6.45, 7) is 0. The van der Waals surface area contributed by atoms with Crippen molar-refractivity contribution in [2.75, 3.05) is 0 Å². The Morgan fingerprint density at radius 2 is 1.58 bits per heavy atom. The Morgan fingerprint density at radius 3 is 2.39 bits per heavy atom. The minimum absolute atomic E-state index is 0.260. The zero-order valence-corrected chi connectivity index (χ0v) is 16.6. The number of hydrazine groups is 1. The second-order valence-electron chi connectivity index (χ2n) is 7.07.